The molecule has 1 fully saturated rings. The van der Waals surface area contributed by atoms with E-state index in [-0.39, 0.29) is 13.0 Å². The van der Waals surface area contributed by atoms with Crippen LogP contribution in [-0.2, 0) is 0 Å². The summed E-state index contributed by atoms with van der Waals surface area (Å²) in [5.41, 5.74) is 0. The molecule has 0 heterocycles. The van der Waals surface area contributed by atoms with Gasteiger partial charge in [0.15, 0.2) is 0 Å². The van der Waals surface area contributed by atoms with Crippen LogP contribution < -0.4 is 0 Å². The molecule has 1 aliphatic rings. The Morgan fingerprint density at radius 3 is 2.00 bits per heavy atom. The third kappa shape index (κ3) is 1.60. The highest BCUT2D eigenvalue weighted by molar-refractivity contribution is 4.91. The van der Waals surface area contributed by atoms with Crippen molar-refractivity contribution < 1.29 is 25.5 Å². The summed E-state index contributed by atoms with van der Waals surface area (Å²) in [5.74, 6) is -0.557. The average Bonchev–Trinajstić information content (AvgIpc) is 2.08. The first-order chi connectivity index (χ1) is 5.57. The Morgan fingerprint density at radius 2 is 1.50 bits per heavy atom. The summed E-state index contributed by atoms with van der Waals surface area (Å²) in [7, 11) is 0. The second-order valence-corrected chi connectivity index (χ2v) is 3.22. The van der Waals surface area contributed by atoms with Crippen LogP contribution in [0.5, 0.6) is 0 Å². The van der Waals surface area contributed by atoms with Crippen LogP contribution >= 0.6 is 0 Å². The largest absolute Gasteiger partial charge is 0.396 e. The zero-order valence-electron chi connectivity index (χ0n) is 6.54. The molecular weight excluding hydrogens is 164 g/mol. The quantitative estimate of drug-likeness (QED) is 0.304. The molecule has 72 valence electrons. The predicted octanol–water partition coefficient (Wildman–Crippen LogP) is -2.56. The normalized spacial score (nSPS) is 49.2. The molecule has 0 spiro atoms. The molecule has 1 saturated carbocycles. The van der Waals surface area contributed by atoms with Gasteiger partial charge in [0.1, 0.15) is 12.2 Å². The van der Waals surface area contributed by atoms with E-state index in [4.69, 9.17) is 20.4 Å². The Labute approximate surface area is 69.9 Å². The lowest BCUT2D eigenvalue weighted by Crippen LogP contribution is -2.54. The molecule has 0 aromatic heterocycles. The molecule has 0 aromatic rings. The highest BCUT2D eigenvalue weighted by Crippen LogP contribution is 2.25. The third-order valence-electron chi connectivity index (χ3n) is 2.36. The Morgan fingerprint density at radius 1 is 0.917 bits per heavy atom. The van der Waals surface area contributed by atoms with Crippen molar-refractivity contribution in [3.8, 4) is 0 Å². The first-order valence-electron chi connectivity index (χ1n) is 3.91. The van der Waals surface area contributed by atoms with Gasteiger partial charge < -0.3 is 25.5 Å². The van der Waals surface area contributed by atoms with E-state index in [9.17, 15) is 5.11 Å². The summed E-state index contributed by atoms with van der Waals surface area (Å²) >= 11 is 0. The lowest BCUT2D eigenvalue weighted by Gasteiger charge is -2.37. The van der Waals surface area contributed by atoms with Crippen molar-refractivity contribution >= 4 is 0 Å². The van der Waals surface area contributed by atoms with Gasteiger partial charge in [-0.3, -0.25) is 0 Å². The van der Waals surface area contributed by atoms with E-state index in [1.54, 1.807) is 0 Å². The summed E-state index contributed by atoms with van der Waals surface area (Å²) in [6, 6.07) is 0. The van der Waals surface area contributed by atoms with E-state index in [0.29, 0.717) is 0 Å². The SMILES string of the molecule is OC[C@@H]1C[C@@H](O)[C@@H](O)[C@H](O)[C@@H]1O. The monoisotopic (exact) mass is 178 g/mol. The first-order valence-corrected chi connectivity index (χ1v) is 3.91. The van der Waals surface area contributed by atoms with Crippen molar-refractivity contribution in [2.24, 2.45) is 5.92 Å². The summed E-state index contributed by atoms with van der Waals surface area (Å²) in [4.78, 5) is 0. The van der Waals surface area contributed by atoms with E-state index >= 15 is 0 Å². The van der Waals surface area contributed by atoms with E-state index < -0.39 is 30.3 Å². The molecular formula is C7H14O5. The van der Waals surface area contributed by atoms with Crippen molar-refractivity contribution in [3.05, 3.63) is 0 Å². The Bertz CT molecular complexity index is 146. The minimum absolute atomic E-state index is 0.107. The highest BCUT2D eigenvalue weighted by atomic mass is 16.4. The van der Waals surface area contributed by atoms with Gasteiger partial charge in [-0.2, -0.15) is 0 Å². The highest BCUT2D eigenvalue weighted by Gasteiger charge is 2.41. The molecule has 0 radical (unpaired) electrons. The minimum Gasteiger partial charge on any atom is -0.396 e. The van der Waals surface area contributed by atoms with Crippen LogP contribution in [-0.4, -0.2) is 56.6 Å². The molecule has 0 aliphatic heterocycles. The molecule has 5 N–H and O–H groups in total. The fraction of sp³-hybridized carbons (Fsp3) is 1.00. The van der Waals surface area contributed by atoms with Crippen molar-refractivity contribution in [1.29, 1.82) is 0 Å². The summed E-state index contributed by atoms with van der Waals surface area (Å²) in [5, 5.41) is 45.3. The average molecular weight is 178 g/mol. The molecule has 1 rings (SSSR count). The van der Waals surface area contributed by atoms with Gasteiger partial charge >= 0.3 is 0 Å². The van der Waals surface area contributed by atoms with E-state index in [2.05, 4.69) is 0 Å². The fourth-order valence-corrected chi connectivity index (χ4v) is 1.48. The van der Waals surface area contributed by atoms with Crippen LogP contribution in [0.1, 0.15) is 6.42 Å². The molecule has 0 saturated heterocycles. The topological polar surface area (TPSA) is 101 Å². The maximum Gasteiger partial charge on any atom is 0.109 e. The summed E-state index contributed by atoms with van der Waals surface area (Å²) < 4.78 is 0. The number of hydrogen-bond donors (Lipinski definition) is 5. The second kappa shape index (κ2) is 3.68. The van der Waals surface area contributed by atoms with Crippen molar-refractivity contribution in [3.63, 3.8) is 0 Å². The fourth-order valence-electron chi connectivity index (χ4n) is 1.48. The van der Waals surface area contributed by atoms with Crippen LogP contribution in [0.3, 0.4) is 0 Å². The third-order valence-corrected chi connectivity index (χ3v) is 2.36. The summed E-state index contributed by atoms with van der Waals surface area (Å²) in [6.07, 6.45) is -4.81. The van der Waals surface area contributed by atoms with Crippen LogP contribution in [0, 0.1) is 5.92 Å². The molecule has 0 unspecified atom stereocenters. The first kappa shape index (κ1) is 9.88. The Balaban J connectivity index is 2.63. The molecule has 1 aliphatic carbocycles. The molecule has 5 nitrogen and oxygen atoms in total. The number of aliphatic hydroxyl groups excluding tert-OH is 5. The molecule has 12 heavy (non-hydrogen) atoms. The van der Waals surface area contributed by atoms with Gasteiger partial charge in [0, 0.05) is 12.5 Å². The summed E-state index contributed by atoms with van der Waals surface area (Å²) in [6.45, 7) is -0.304. The minimum atomic E-state index is -1.37. The maximum atomic E-state index is 9.24. The lowest BCUT2D eigenvalue weighted by atomic mass is 9.81. The van der Waals surface area contributed by atoms with Gasteiger partial charge in [-0.05, 0) is 6.42 Å². The van der Waals surface area contributed by atoms with Gasteiger partial charge in [0.05, 0.1) is 12.2 Å². The van der Waals surface area contributed by atoms with Crippen molar-refractivity contribution in [1.82, 2.24) is 0 Å². The zero-order chi connectivity index (χ0) is 9.30. The van der Waals surface area contributed by atoms with Gasteiger partial charge in [-0.15, -0.1) is 0 Å². The number of aliphatic hydroxyl groups is 5. The van der Waals surface area contributed by atoms with Crippen LogP contribution in [0.25, 0.3) is 0 Å². The predicted molar refractivity (Wildman–Crippen MR) is 39.2 cm³/mol. The van der Waals surface area contributed by atoms with Crippen LogP contribution in [0.15, 0.2) is 0 Å². The molecule has 0 amide bonds. The van der Waals surface area contributed by atoms with E-state index in [0.717, 1.165) is 0 Å². The van der Waals surface area contributed by atoms with Gasteiger partial charge in [-0.25, -0.2) is 0 Å². The van der Waals surface area contributed by atoms with E-state index in [1.807, 2.05) is 0 Å². The van der Waals surface area contributed by atoms with Gasteiger partial charge in [0.25, 0.3) is 0 Å². The van der Waals surface area contributed by atoms with Crippen LogP contribution in [0.2, 0.25) is 0 Å². The number of hydrogen-bond acceptors (Lipinski definition) is 5. The molecule has 5 atom stereocenters. The smallest absolute Gasteiger partial charge is 0.109 e. The van der Waals surface area contributed by atoms with Gasteiger partial charge in [-0.1, -0.05) is 0 Å². The molecule has 0 aromatic carbocycles. The van der Waals surface area contributed by atoms with Gasteiger partial charge in [0.2, 0.25) is 0 Å². The second-order valence-electron chi connectivity index (χ2n) is 3.22. The maximum absolute atomic E-state index is 9.24. The Kier molecular flexibility index (Phi) is 3.03. The van der Waals surface area contributed by atoms with E-state index in [1.165, 1.54) is 0 Å². The molecule has 5 heteroatoms. The zero-order valence-corrected chi connectivity index (χ0v) is 6.54. The van der Waals surface area contributed by atoms with Crippen LogP contribution in [0.4, 0.5) is 0 Å². The standard InChI is InChI=1S/C7H14O5/c8-2-3-1-4(9)6(11)7(12)5(3)10/h3-12H,1-2H2/t3-,4+,5+,6+,7+/m0/s1. The van der Waals surface area contributed by atoms with Crippen molar-refractivity contribution in [2.75, 3.05) is 6.61 Å². The Hall–Kier alpha value is -0.200. The number of rotatable bonds is 1. The van der Waals surface area contributed by atoms with Crippen molar-refractivity contribution in [2.45, 2.75) is 30.8 Å². The molecule has 0 bridgehead atoms. The lowest BCUT2D eigenvalue weighted by molar-refractivity contribution is -0.163.